The molecule has 0 saturated carbocycles. The Morgan fingerprint density at radius 2 is 1.70 bits per heavy atom. The first-order valence-corrected chi connectivity index (χ1v) is 10.5. The van der Waals surface area contributed by atoms with E-state index in [-0.39, 0.29) is 6.03 Å². The molecule has 0 aromatic heterocycles. The van der Waals surface area contributed by atoms with Gasteiger partial charge in [0.2, 0.25) is 0 Å². The van der Waals surface area contributed by atoms with Crippen LogP contribution in [0.2, 0.25) is 0 Å². The summed E-state index contributed by atoms with van der Waals surface area (Å²) in [6.07, 6.45) is 2.18. The van der Waals surface area contributed by atoms with Crippen molar-refractivity contribution in [3.63, 3.8) is 0 Å². The molecule has 0 bridgehead atoms. The molecule has 0 spiro atoms. The monoisotopic (exact) mass is 374 g/mol. The molecule has 1 aromatic rings. The van der Waals surface area contributed by atoms with Crippen LogP contribution in [0, 0.1) is 0 Å². The van der Waals surface area contributed by atoms with Crippen molar-refractivity contribution < 1.29 is 4.79 Å². The normalized spacial score (nSPS) is 15.9. The Labute approximate surface area is 165 Å². The number of nitrogens with zero attached hydrogens (tertiary/aromatic N) is 3. The number of carbonyl (C=O) groups excluding carboxylic acids is 1. The fraction of sp³-hybridized carbons (Fsp3) is 0.682. The van der Waals surface area contributed by atoms with Crippen LogP contribution < -0.4 is 5.32 Å². The number of nitrogens with one attached hydrogen (secondary N) is 1. The van der Waals surface area contributed by atoms with Gasteiger partial charge in [-0.1, -0.05) is 45.0 Å². The SMILES string of the molecule is CCN1CCN(CCCCNC(=O)N(C)Cc2ccc(C(C)C)cc2)CC1. The Morgan fingerprint density at radius 3 is 2.30 bits per heavy atom. The molecule has 27 heavy (non-hydrogen) atoms. The molecule has 0 atom stereocenters. The first-order chi connectivity index (χ1) is 13.0. The maximum atomic E-state index is 12.3. The summed E-state index contributed by atoms with van der Waals surface area (Å²) in [4.78, 5) is 19.1. The van der Waals surface area contributed by atoms with E-state index in [9.17, 15) is 4.79 Å². The third-order valence-electron chi connectivity index (χ3n) is 5.50. The van der Waals surface area contributed by atoms with E-state index in [0.29, 0.717) is 12.5 Å². The van der Waals surface area contributed by atoms with Crippen molar-refractivity contribution in [2.45, 2.75) is 46.1 Å². The van der Waals surface area contributed by atoms with Crippen molar-refractivity contribution in [2.75, 3.05) is 52.9 Å². The molecule has 1 aliphatic rings. The summed E-state index contributed by atoms with van der Waals surface area (Å²) in [6, 6.07) is 8.58. The maximum Gasteiger partial charge on any atom is 0.317 e. The van der Waals surface area contributed by atoms with Gasteiger partial charge >= 0.3 is 6.03 Å². The second-order valence-electron chi connectivity index (χ2n) is 7.97. The van der Waals surface area contributed by atoms with Crippen LogP contribution in [0.25, 0.3) is 0 Å². The summed E-state index contributed by atoms with van der Waals surface area (Å²) in [6.45, 7) is 15.1. The smallest absolute Gasteiger partial charge is 0.317 e. The third kappa shape index (κ3) is 7.51. The minimum atomic E-state index is 0.0134. The highest BCUT2D eigenvalue weighted by molar-refractivity contribution is 5.73. The molecule has 0 radical (unpaired) electrons. The van der Waals surface area contributed by atoms with Crippen molar-refractivity contribution in [3.8, 4) is 0 Å². The first kappa shape index (κ1) is 21.7. The van der Waals surface area contributed by atoms with Gasteiger partial charge in [0, 0.05) is 46.3 Å². The van der Waals surface area contributed by atoms with Crippen LogP contribution >= 0.6 is 0 Å². The van der Waals surface area contributed by atoms with Gasteiger partial charge in [0.05, 0.1) is 0 Å². The molecule has 2 rings (SSSR count). The standard InChI is InChI=1S/C22H38N4O/c1-5-25-14-16-26(17-15-25)13-7-6-12-23-22(27)24(4)18-20-8-10-21(11-9-20)19(2)3/h8-11,19H,5-7,12-18H2,1-4H3,(H,23,27). The van der Waals surface area contributed by atoms with Gasteiger partial charge in [0.15, 0.2) is 0 Å². The summed E-state index contributed by atoms with van der Waals surface area (Å²) in [5.74, 6) is 0.538. The Balaban J connectivity index is 1.58. The maximum absolute atomic E-state index is 12.3. The van der Waals surface area contributed by atoms with Gasteiger partial charge in [-0.3, -0.25) is 0 Å². The van der Waals surface area contributed by atoms with Gasteiger partial charge in [-0.25, -0.2) is 4.79 Å². The quantitative estimate of drug-likeness (QED) is 0.674. The van der Waals surface area contributed by atoms with Crippen LogP contribution in [0.1, 0.15) is 50.7 Å². The first-order valence-electron chi connectivity index (χ1n) is 10.5. The number of carbonyl (C=O) groups is 1. The summed E-state index contributed by atoms with van der Waals surface area (Å²) in [5, 5.41) is 3.05. The molecular weight excluding hydrogens is 336 g/mol. The number of hydrogen-bond donors (Lipinski definition) is 1. The van der Waals surface area contributed by atoms with E-state index in [1.165, 1.54) is 37.3 Å². The van der Waals surface area contributed by atoms with Crippen molar-refractivity contribution >= 4 is 6.03 Å². The molecule has 0 aliphatic carbocycles. The highest BCUT2D eigenvalue weighted by Crippen LogP contribution is 2.15. The fourth-order valence-electron chi connectivity index (χ4n) is 3.47. The van der Waals surface area contributed by atoms with Crippen molar-refractivity contribution in [3.05, 3.63) is 35.4 Å². The molecule has 1 aliphatic heterocycles. The predicted molar refractivity (Wildman–Crippen MR) is 113 cm³/mol. The molecule has 5 nitrogen and oxygen atoms in total. The molecule has 152 valence electrons. The van der Waals surface area contributed by atoms with Crippen molar-refractivity contribution in [2.24, 2.45) is 0 Å². The molecule has 1 fully saturated rings. The topological polar surface area (TPSA) is 38.8 Å². The van der Waals surface area contributed by atoms with Gasteiger partial charge in [0.25, 0.3) is 0 Å². The summed E-state index contributed by atoms with van der Waals surface area (Å²) in [7, 11) is 1.86. The van der Waals surface area contributed by atoms with E-state index >= 15 is 0 Å². The minimum absolute atomic E-state index is 0.0134. The van der Waals surface area contributed by atoms with Crippen LogP contribution in [0.5, 0.6) is 0 Å². The molecule has 0 unspecified atom stereocenters. The lowest BCUT2D eigenvalue weighted by Crippen LogP contribution is -2.46. The summed E-state index contributed by atoms with van der Waals surface area (Å²) >= 11 is 0. The molecule has 1 N–H and O–H groups in total. The number of hydrogen-bond acceptors (Lipinski definition) is 3. The third-order valence-corrected chi connectivity index (χ3v) is 5.50. The zero-order valence-electron chi connectivity index (χ0n) is 17.7. The Bertz CT molecular complexity index is 550. The number of urea groups is 1. The number of likely N-dealkylation sites (N-methyl/N-ethyl adjacent to an activating group) is 1. The van der Waals surface area contributed by atoms with Crippen molar-refractivity contribution in [1.82, 2.24) is 20.0 Å². The van der Waals surface area contributed by atoms with Crippen LogP contribution in [0.4, 0.5) is 4.79 Å². The van der Waals surface area contributed by atoms with Crippen LogP contribution in [0.15, 0.2) is 24.3 Å². The summed E-state index contributed by atoms with van der Waals surface area (Å²) in [5.41, 5.74) is 2.50. The predicted octanol–water partition coefficient (Wildman–Crippen LogP) is 3.37. The Kier molecular flexibility index (Phi) is 9.08. The fourth-order valence-corrected chi connectivity index (χ4v) is 3.47. The van der Waals surface area contributed by atoms with E-state index in [1.807, 2.05) is 7.05 Å². The lowest BCUT2D eigenvalue weighted by atomic mass is 10.0. The van der Waals surface area contributed by atoms with E-state index in [0.717, 1.165) is 32.5 Å². The Morgan fingerprint density at radius 1 is 1.07 bits per heavy atom. The van der Waals surface area contributed by atoms with Gasteiger partial charge in [-0.15, -0.1) is 0 Å². The average Bonchev–Trinajstić information content (AvgIpc) is 2.68. The molecule has 1 saturated heterocycles. The van der Waals surface area contributed by atoms with Gasteiger partial charge < -0.3 is 20.0 Å². The molecule has 1 heterocycles. The van der Waals surface area contributed by atoms with Gasteiger partial charge in [-0.05, 0) is 43.0 Å². The number of benzene rings is 1. The van der Waals surface area contributed by atoms with E-state index < -0.39 is 0 Å². The summed E-state index contributed by atoms with van der Waals surface area (Å²) < 4.78 is 0. The van der Waals surface area contributed by atoms with Gasteiger partial charge in [0.1, 0.15) is 0 Å². The second-order valence-corrected chi connectivity index (χ2v) is 7.97. The van der Waals surface area contributed by atoms with E-state index in [1.54, 1.807) is 4.90 Å². The molecule has 5 heteroatoms. The highest BCUT2D eigenvalue weighted by atomic mass is 16.2. The molecule has 1 aromatic carbocycles. The Hall–Kier alpha value is -1.59. The molecular formula is C22H38N4O. The lowest BCUT2D eigenvalue weighted by molar-refractivity contribution is 0.135. The van der Waals surface area contributed by atoms with Crippen LogP contribution in [0.3, 0.4) is 0 Å². The number of rotatable bonds is 9. The van der Waals surface area contributed by atoms with E-state index in [2.05, 4.69) is 60.2 Å². The zero-order chi connectivity index (χ0) is 19.6. The number of unbranched alkanes of at least 4 members (excludes halogenated alkanes) is 1. The number of piperazine rings is 1. The van der Waals surface area contributed by atoms with Crippen LogP contribution in [-0.4, -0.2) is 73.6 Å². The largest absolute Gasteiger partial charge is 0.338 e. The zero-order valence-corrected chi connectivity index (χ0v) is 17.7. The number of amides is 2. The van der Waals surface area contributed by atoms with Crippen molar-refractivity contribution in [1.29, 1.82) is 0 Å². The van der Waals surface area contributed by atoms with Crippen LogP contribution in [-0.2, 0) is 6.54 Å². The average molecular weight is 375 g/mol. The van der Waals surface area contributed by atoms with E-state index in [4.69, 9.17) is 0 Å². The van der Waals surface area contributed by atoms with Gasteiger partial charge in [-0.2, -0.15) is 0 Å². The lowest BCUT2D eigenvalue weighted by Gasteiger charge is -2.34. The second kappa shape index (κ2) is 11.3. The minimum Gasteiger partial charge on any atom is -0.338 e. The highest BCUT2D eigenvalue weighted by Gasteiger charge is 2.14. The molecule has 2 amide bonds.